The standard InChI is InChI=1S/C54H55N7O5/c1-52(2,3)66-51(64)57-53(4,5)35-47(62)55-46-32-30-38-34-42(65-6)31-33-45(38)56-48(46)49(63)37-28-26-36(27-29-37)43-24-16-17-25-44(43)50-58-59-60-61(50)54(39-18-10-7-11-19-39,40-20-12-8-13-21-40)41-22-14-9-15-23-41/h7-29,31,33-34,46,48,56H,30,32,35H2,1-6H3,(H,55,62)(H,57,64). The van der Waals surface area contributed by atoms with E-state index < -0.39 is 34.9 Å². The van der Waals surface area contributed by atoms with Gasteiger partial charge in [-0.1, -0.05) is 140 Å². The maximum Gasteiger partial charge on any atom is 0.408 e. The summed E-state index contributed by atoms with van der Waals surface area (Å²) in [5, 5.41) is 23.2. The minimum absolute atomic E-state index is 0.0367. The van der Waals surface area contributed by atoms with Crippen LogP contribution in [0, 0.1) is 0 Å². The third kappa shape index (κ3) is 9.58. The van der Waals surface area contributed by atoms with Crippen LogP contribution >= 0.6 is 0 Å². The molecule has 0 saturated heterocycles. The van der Waals surface area contributed by atoms with Crippen molar-refractivity contribution in [1.29, 1.82) is 0 Å². The SMILES string of the molecule is COc1ccc2c(c1)CCC(NC(=O)CC(C)(C)NC(=O)OC(C)(C)C)C(C(=O)c1ccc(-c3ccccc3-c3nnnn3C(c3ccccc3)(c3ccccc3)c3ccccc3)cc1)N2. The highest BCUT2D eigenvalue weighted by molar-refractivity contribution is 6.03. The molecule has 2 unspecified atom stereocenters. The van der Waals surface area contributed by atoms with Gasteiger partial charge in [0.2, 0.25) is 5.91 Å². The molecule has 2 amide bonds. The summed E-state index contributed by atoms with van der Waals surface area (Å²) in [5.41, 5.74) is 5.16. The highest BCUT2D eigenvalue weighted by Crippen LogP contribution is 2.43. The van der Waals surface area contributed by atoms with Crippen molar-refractivity contribution in [3.05, 3.63) is 186 Å². The number of hydrogen-bond acceptors (Lipinski definition) is 9. The molecule has 12 heteroatoms. The van der Waals surface area contributed by atoms with Crippen molar-refractivity contribution in [3.8, 4) is 28.3 Å². The van der Waals surface area contributed by atoms with Crippen LogP contribution in [0.15, 0.2) is 158 Å². The van der Waals surface area contributed by atoms with Crippen molar-refractivity contribution in [2.75, 3.05) is 12.4 Å². The van der Waals surface area contributed by atoms with Crippen molar-refractivity contribution in [3.63, 3.8) is 0 Å². The number of ether oxygens (including phenoxy) is 2. The third-order valence-electron chi connectivity index (χ3n) is 11.8. The lowest BCUT2D eigenvalue weighted by Gasteiger charge is -2.36. The summed E-state index contributed by atoms with van der Waals surface area (Å²) in [6.07, 6.45) is 0.415. The number of carbonyl (C=O) groups excluding carboxylic acids is 3. The van der Waals surface area contributed by atoms with Gasteiger partial charge in [-0.3, -0.25) is 9.59 Å². The molecule has 66 heavy (non-hydrogen) atoms. The monoisotopic (exact) mass is 881 g/mol. The van der Waals surface area contributed by atoms with E-state index in [0.29, 0.717) is 30.0 Å². The van der Waals surface area contributed by atoms with E-state index >= 15 is 0 Å². The second-order valence-corrected chi connectivity index (χ2v) is 18.3. The van der Waals surface area contributed by atoms with Crippen molar-refractivity contribution >= 4 is 23.5 Å². The second-order valence-electron chi connectivity index (χ2n) is 18.3. The van der Waals surface area contributed by atoms with Gasteiger partial charge in [0.25, 0.3) is 0 Å². The fourth-order valence-corrected chi connectivity index (χ4v) is 8.89. The third-order valence-corrected chi connectivity index (χ3v) is 11.8. The molecular weight excluding hydrogens is 827 g/mol. The van der Waals surface area contributed by atoms with Gasteiger partial charge in [0, 0.05) is 28.8 Å². The van der Waals surface area contributed by atoms with E-state index in [2.05, 4.69) is 57.6 Å². The summed E-state index contributed by atoms with van der Waals surface area (Å²) >= 11 is 0. The number of ketones is 1. The Morgan fingerprint density at radius 1 is 0.727 bits per heavy atom. The zero-order valence-electron chi connectivity index (χ0n) is 38.1. The van der Waals surface area contributed by atoms with Gasteiger partial charge in [0.15, 0.2) is 11.6 Å². The van der Waals surface area contributed by atoms with Crippen LogP contribution in [-0.4, -0.2) is 68.3 Å². The molecule has 1 aliphatic rings. The van der Waals surface area contributed by atoms with Crippen LogP contribution in [0.5, 0.6) is 5.75 Å². The van der Waals surface area contributed by atoms with Crippen molar-refractivity contribution in [2.24, 2.45) is 0 Å². The number of benzene rings is 6. The van der Waals surface area contributed by atoms with Crippen molar-refractivity contribution in [2.45, 2.75) is 82.6 Å². The molecule has 1 aromatic heterocycles. The number of nitrogens with zero attached hydrogens (tertiary/aromatic N) is 4. The van der Waals surface area contributed by atoms with E-state index in [1.165, 1.54) is 0 Å². The Hall–Kier alpha value is -7.60. The normalized spacial score (nSPS) is 15.1. The van der Waals surface area contributed by atoms with Crippen LogP contribution < -0.4 is 20.7 Å². The number of nitrogens with one attached hydrogen (secondary N) is 3. The molecule has 12 nitrogen and oxygen atoms in total. The van der Waals surface area contributed by atoms with E-state index in [4.69, 9.17) is 19.8 Å². The van der Waals surface area contributed by atoms with Crippen molar-refractivity contribution < 1.29 is 23.9 Å². The molecule has 6 aromatic carbocycles. The minimum atomic E-state index is -0.947. The molecule has 7 aromatic rings. The smallest absolute Gasteiger partial charge is 0.408 e. The van der Waals surface area contributed by atoms with E-state index in [1.54, 1.807) is 41.7 Å². The summed E-state index contributed by atoms with van der Waals surface area (Å²) in [6.45, 7) is 8.87. The first kappa shape index (κ1) is 45.0. The Balaban J connectivity index is 1.12. The zero-order valence-corrected chi connectivity index (χ0v) is 38.1. The Morgan fingerprint density at radius 3 is 1.88 bits per heavy atom. The number of hydrogen-bond donors (Lipinski definition) is 3. The lowest BCUT2D eigenvalue weighted by Crippen LogP contribution is -2.53. The number of tetrazole rings is 1. The topological polar surface area (TPSA) is 149 Å². The molecule has 1 aliphatic heterocycles. The average Bonchev–Trinajstić information content (AvgIpc) is 3.73. The molecule has 0 fully saturated rings. The van der Waals surface area contributed by atoms with Crippen LogP contribution in [0.3, 0.4) is 0 Å². The summed E-state index contributed by atoms with van der Waals surface area (Å²) in [6, 6.07) is 50.6. The number of fused-ring (bicyclic) bond motifs is 1. The molecule has 8 rings (SSSR count). The van der Waals surface area contributed by atoms with Crippen LogP contribution in [0.1, 0.15) is 80.1 Å². The van der Waals surface area contributed by atoms with Gasteiger partial charge in [-0.25, -0.2) is 9.48 Å². The van der Waals surface area contributed by atoms with Gasteiger partial charge in [-0.2, -0.15) is 0 Å². The van der Waals surface area contributed by atoms with Gasteiger partial charge in [0.05, 0.1) is 13.2 Å². The number of alkyl carbamates (subject to hydrolysis) is 1. The molecule has 336 valence electrons. The fraction of sp³-hybridized carbons (Fsp3) is 0.259. The maximum atomic E-state index is 14.8. The number of aryl methyl sites for hydroxylation is 1. The summed E-state index contributed by atoms with van der Waals surface area (Å²) in [7, 11) is 1.62. The van der Waals surface area contributed by atoms with Gasteiger partial charge in [0.1, 0.15) is 22.9 Å². The van der Waals surface area contributed by atoms with Gasteiger partial charge in [-0.05, 0) is 109 Å². The van der Waals surface area contributed by atoms with Crippen LogP contribution in [0.2, 0.25) is 0 Å². The molecule has 2 heterocycles. The predicted octanol–water partition coefficient (Wildman–Crippen LogP) is 9.64. The first-order valence-corrected chi connectivity index (χ1v) is 22.2. The maximum absolute atomic E-state index is 14.8. The molecule has 3 N–H and O–H groups in total. The molecule has 0 saturated carbocycles. The van der Waals surface area contributed by atoms with Gasteiger partial charge in [-0.15, -0.1) is 5.10 Å². The number of anilines is 1. The number of carbonyl (C=O) groups is 3. The van der Waals surface area contributed by atoms with Crippen LogP contribution in [0.25, 0.3) is 22.5 Å². The van der Waals surface area contributed by atoms with E-state index in [9.17, 15) is 14.4 Å². The average molecular weight is 882 g/mol. The van der Waals surface area contributed by atoms with E-state index in [1.807, 2.05) is 126 Å². The zero-order chi connectivity index (χ0) is 46.5. The number of rotatable bonds is 13. The quantitative estimate of drug-likeness (QED) is 0.0761. The lowest BCUT2D eigenvalue weighted by molar-refractivity contribution is -0.123. The predicted molar refractivity (Wildman–Crippen MR) is 256 cm³/mol. The molecular formula is C54H55N7O5. The molecule has 0 radical (unpaired) electrons. The van der Waals surface area contributed by atoms with E-state index in [0.717, 1.165) is 44.6 Å². The van der Waals surface area contributed by atoms with Gasteiger partial charge < -0.3 is 25.4 Å². The largest absolute Gasteiger partial charge is 0.497 e. The Kier molecular flexibility index (Phi) is 12.9. The Bertz CT molecular complexity index is 2710. The number of amides is 2. The van der Waals surface area contributed by atoms with Gasteiger partial charge >= 0.3 is 6.09 Å². The number of Topliss-reactive ketones (excluding diaryl/α,β-unsaturated/α-hetero) is 1. The first-order chi connectivity index (χ1) is 31.8. The molecule has 0 bridgehead atoms. The number of aromatic nitrogens is 4. The van der Waals surface area contributed by atoms with Crippen molar-refractivity contribution in [1.82, 2.24) is 30.8 Å². The Labute approximate surface area is 385 Å². The van der Waals surface area contributed by atoms with Crippen LogP contribution in [-0.2, 0) is 21.5 Å². The fourth-order valence-electron chi connectivity index (χ4n) is 8.89. The number of methoxy groups -OCH3 is 1. The first-order valence-electron chi connectivity index (χ1n) is 22.2. The second kappa shape index (κ2) is 18.9. The molecule has 0 spiro atoms. The van der Waals surface area contributed by atoms with Crippen LogP contribution in [0.4, 0.5) is 10.5 Å². The summed E-state index contributed by atoms with van der Waals surface area (Å²) < 4.78 is 12.9. The summed E-state index contributed by atoms with van der Waals surface area (Å²) in [4.78, 5) is 41.2. The molecule has 2 atom stereocenters. The highest BCUT2D eigenvalue weighted by Gasteiger charge is 2.42. The minimum Gasteiger partial charge on any atom is -0.497 e. The molecule has 0 aliphatic carbocycles. The highest BCUT2D eigenvalue weighted by atomic mass is 16.6. The van der Waals surface area contributed by atoms with E-state index in [-0.39, 0.29) is 18.1 Å². The summed E-state index contributed by atoms with van der Waals surface area (Å²) in [5.74, 6) is 0.765. The lowest BCUT2D eigenvalue weighted by atomic mass is 9.77. The Morgan fingerprint density at radius 2 is 1.30 bits per heavy atom.